The molecular weight excluding hydrogens is 961 g/mol. The van der Waals surface area contributed by atoms with Crippen molar-refractivity contribution in [3.8, 4) is 0 Å². The second-order valence-corrected chi connectivity index (χ2v) is 28.2. The first kappa shape index (κ1) is 80.0. The zero-order valence-electron chi connectivity index (χ0n) is 57.5. The van der Waals surface area contributed by atoms with E-state index in [0.717, 1.165) is 11.8 Å². The van der Waals surface area contributed by atoms with E-state index in [0.29, 0.717) is 0 Å². The van der Waals surface area contributed by atoms with Crippen molar-refractivity contribution in [3.63, 3.8) is 0 Å². The molecule has 0 aromatic heterocycles. The highest BCUT2D eigenvalue weighted by Gasteiger charge is 2.10. The lowest BCUT2D eigenvalue weighted by atomic mass is 9.89. The Kier molecular flexibility index (Phi) is 75.1. The maximum Gasteiger partial charge on any atom is -0.0414 e. The maximum atomic E-state index is 2.55. The van der Waals surface area contributed by atoms with Gasteiger partial charge in [0.15, 0.2) is 0 Å². The van der Waals surface area contributed by atoms with Gasteiger partial charge in [-0.15, -0.1) is 0 Å². The Labute approximate surface area is 512 Å². The maximum absolute atomic E-state index is 2.55. The van der Waals surface area contributed by atoms with Crippen molar-refractivity contribution in [2.75, 3.05) is 0 Å². The Bertz CT molecular complexity index is 1010. The second-order valence-electron chi connectivity index (χ2n) is 28.2. The summed E-state index contributed by atoms with van der Waals surface area (Å²) in [6, 6.07) is 0. The normalized spacial score (nSPS) is 12.6. The van der Waals surface area contributed by atoms with Crippen LogP contribution in [0.1, 0.15) is 503 Å². The third kappa shape index (κ3) is 72.3. The molecule has 80 heavy (non-hydrogen) atoms. The highest BCUT2D eigenvalue weighted by atomic mass is 14.2. The standard InChI is InChI=1S/C80H162/c1-5-8-11-14-17-20-23-26-29-32-34-36-37-38-39-40-42-44-47-50-53-56-62-67-72-77-80(76-71-66-61-55-52-49-46-43-41-35-33-30-27-24-21-18-15-12-9-6-2)78-73-68-63-58-57-60-65-70-75-79(4)74-69-64-59-54-51-48-45-31-28-25-22-19-16-13-10-7-3/h79-80H,5-78H2,1-4H3. The van der Waals surface area contributed by atoms with Crippen LogP contribution in [0.25, 0.3) is 0 Å². The SMILES string of the molecule is CCCCCCCCCCCCCCCCCCCCCCCCCCCC(CCCCCCCCCCCCCCCCCCCCCC)CCCCCCCCCCC(C)CCCCCCCCCCCCCCCCCC. The fourth-order valence-electron chi connectivity index (χ4n) is 13.9. The summed E-state index contributed by atoms with van der Waals surface area (Å²) in [6.45, 7) is 9.51. The minimum absolute atomic E-state index is 0.955. The zero-order chi connectivity index (χ0) is 57.5. The van der Waals surface area contributed by atoms with Gasteiger partial charge in [-0.3, -0.25) is 0 Å². The molecule has 482 valence electrons. The van der Waals surface area contributed by atoms with Crippen LogP contribution in [0.15, 0.2) is 0 Å². The molecule has 0 aromatic carbocycles. The Hall–Kier alpha value is 0. The van der Waals surface area contributed by atoms with Crippen molar-refractivity contribution in [2.45, 2.75) is 503 Å². The van der Waals surface area contributed by atoms with E-state index >= 15 is 0 Å². The van der Waals surface area contributed by atoms with Gasteiger partial charge in [0, 0.05) is 0 Å². The molecule has 0 nitrogen and oxygen atoms in total. The number of rotatable bonds is 75. The molecule has 0 radical (unpaired) electrons. The lowest BCUT2D eigenvalue weighted by molar-refractivity contribution is 0.365. The quantitative estimate of drug-likeness (QED) is 0.0533. The van der Waals surface area contributed by atoms with Crippen LogP contribution in [0.2, 0.25) is 0 Å². The Morgan fingerprint density at radius 2 is 0.225 bits per heavy atom. The topological polar surface area (TPSA) is 0 Å². The minimum Gasteiger partial charge on any atom is -0.0654 e. The molecule has 0 aliphatic rings. The minimum atomic E-state index is 0.955. The molecule has 0 aromatic rings. The van der Waals surface area contributed by atoms with E-state index in [1.54, 1.807) is 0 Å². The fraction of sp³-hybridized carbons (Fsp3) is 1.00. The molecule has 0 saturated heterocycles. The fourth-order valence-corrected chi connectivity index (χ4v) is 13.9. The molecule has 2 unspecified atom stereocenters. The summed E-state index contributed by atoms with van der Waals surface area (Å²) in [5.41, 5.74) is 0. The van der Waals surface area contributed by atoms with Gasteiger partial charge in [-0.1, -0.05) is 503 Å². The van der Waals surface area contributed by atoms with Crippen LogP contribution in [0.3, 0.4) is 0 Å². The summed E-state index contributed by atoms with van der Waals surface area (Å²) < 4.78 is 0. The van der Waals surface area contributed by atoms with Crippen LogP contribution in [0.4, 0.5) is 0 Å². The molecule has 0 spiro atoms. The van der Waals surface area contributed by atoms with Crippen LogP contribution in [0, 0.1) is 11.8 Å². The van der Waals surface area contributed by atoms with Gasteiger partial charge in [0.25, 0.3) is 0 Å². The molecule has 0 N–H and O–H groups in total. The average molecular weight is 1120 g/mol. The van der Waals surface area contributed by atoms with E-state index in [1.165, 1.54) is 475 Å². The highest BCUT2D eigenvalue weighted by Crippen LogP contribution is 2.27. The van der Waals surface area contributed by atoms with Crippen LogP contribution in [-0.4, -0.2) is 0 Å². The molecule has 0 fully saturated rings. The summed E-state index contributed by atoms with van der Waals surface area (Å²) in [4.78, 5) is 0. The number of unbranched alkanes of at least 4 members (excludes halogenated alkanes) is 65. The first-order chi connectivity index (χ1) is 39.7. The molecule has 2 atom stereocenters. The Morgan fingerprint density at radius 3 is 0.350 bits per heavy atom. The van der Waals surface area contributed by atoms with Crippen LogP contribution in [-0.2, 0) is 0 Å². The summed E-state index contributed by atoms with van der Waals surface area (Å²) in [7, 11) is 0. The van der Waals surface area contributed by atoms with Gasteiger partial charge in [0.05, 0.1) is 0 Å². The Balaban J connectivity index is 4.03. The summed E-state index contributed by atoms with van der Waals surface area (Å²) in [6.07, 6.45) is 110. The average Bonchev–Trinajstić information content (AvgIpc) is 3.46. The first-order valence-corrected chi connectivity index (χ1v) is 39.7. The van der Waals surface area contributed by atoms with Gasteiger partial charge in [0.2, 0.25) is 0 Å². The third-order valence-corrected chi connectivity index (χ3v) is 19.8. The highest BCUT2D eigenvalue weighted by molar-refractivity contribution is 4.64. The molecule has 0 heterocycles. The molecule has 0 amide bonds. The molecule has 0 aliphatic carbocycles. The lowest BCUT2D eigenvalue weighted by Gasteiger charge is -2.17. The molecule has 0 aliphatic heterocycles. The first-order valence-electron chi connectivity index (χ1n) is 39.7. The van der Waals surface area contributed by atoms with E-state index in [2.05, 4.69) is 27.7 Å². The summed E-state index contributed by atoms with van der Waals surface area (Å²) in [5, 5.41) is 0. The van der Waals surface area contributed by atoms with E-state index in [1.807, 2.05) is 0 Å². The lowest BCUT2D eigenvalue weighted by Crippen LogP contribution is -2.01. The second kappa shape index (κ2) is 75.1. The van der Waals surface area contributed by atoms with Gasteiger partial charge in [-0.25, -0.2) is 0 Å². The monoisotopic (exact) mass is 1120 g/mol. The molecule has 0 rings (SSSR count). The van der Waals surface area contributed by atoms with E-state index in [9.17, 15) is 0 Å². The van der Waals surface area contributed by atoms with Crippen LogP contribution >= 0.6 is 0 Å². The number of hydrogen-bond acceptors (Lipinski definition) is 0. The summed E-state index contributed by atoms with van der Waals surface area (Å²) >= 11 is 0. The predicted molar refractivity (Wildman–Crippen MR) is 371 cm³/mol. The van der Waals surface area contributed by atoms with Gasteiger partial charge < -0.3 is 0 Å². The number of hydrogen-bond donors (Lipinski definition) is 0. The van der Waals surface area contributed by atoms with Crippen molar-refractivity contribution >= 4 is 0 Å². The van der Waals surface area contributed by atoms with Gasteiger partial charge >= 0.3 is 0 Å². The van der Waals surface area contributed by atoms with Crippen molar-refractivity contribution in [1.29, 1.82) is 0 Å². The van der Waals surface area contributed by atoms with Crippen LogP contribution < -0.4 is 0 Å². The van der Waals surface area contributed by atoms with Gasteiger partial charge in [-0.2, -0.15) is 0 Å². The van der Waals surface area contributed by atoms with Crippen molar-refractivity contribution < 1.29 is 0 Å². The zero-order valence-corrected chi connectivity index (χ0v) is 57.5. The van der Waals surface area contributed by atoms with Gasteiger partial charge in [0.1, 0.15) is 0 Å². The van der Waals surface area contributed by atoms with Crippen molar-refractivity contribution in [1.82, 2.24) is 0 Å². The summed E-state index contributed by atoms with van der Waals surface area (Å²) in [5.74, 6) is 1.98. The Morgan fingerprint density at radius 1 is 0.125 bits per heavy atom. The molecular formula is C80H162. The van der Waals surface area contributed by atoms with E-state index in [4.69, 9.17) is 0 Å². The van der Waals surface area contributed by atoms with Crippen molar-refractivity contribution in [3.05, 3.63) is 0 Å². The molecule has 0 heteroatoms. The van der Waals surface area contributed by atoms with E-state index < -0.39 is 0 Å². The third-order valence-electron chi connectivity index (χ3n) is 19.8. The molecule has 0 saturated carbocycles. The van der Waals surface area contributed by atoms with Crippen molar-refractivity contribution in [2.24, 2.45) is 11.8 Å². The molecule has 0 bridgehead atoms. The van der Waals surface area contributed by atoms with E-state index in [-0.39, 0.29) is 0 Å². The largest absolute Gasteiger partial charge is 0.0654 e. The van der Waals surface area contributed by atoms with Gasteiger partial charge in [-0.05, 0) is 11.8 Å². The predicted octanol–water partition coefficient (Wildman–Crippen LogP) is 31.2. The smallest absolute Gasteiger partial charge is 0.0414 e. The van der Waals surface area contributed by atoms with Crippen LogP contribution in [0.5, 0.6) is 0 Å².